The summed E-state index contributed by atoms with van der Waals surface area (Å²) in [5, 5.41) is 4.11. The van der Waals surface area contributed by atoms with Crippen molar-refractivity contribution in [1.82, 2.24) is 14.7 Å². The van der Waals surface area contributed by atoms with Gasteiger partial charge in [0, 0.05) is 26.8 Å². The zero-order chi connectivity index (χ0) is 17.5. The maximum atomic E-state index is 12.5. The molecule has 0 spiro atoms. The lowest BCUT2D eigenvalue weighted by Gasteiger charge is -2.17. The van der Waals surface area contributed by atoms with Crippen LogP contribution in [0.25, 0.3) is 0 Å². The van der Waals surface area contributed by atoms with Crippen LogP contribution in [0.4, 0.5) is 0 Å². The van der Waals surface area contributed by atoms with Gasteiger partial charge in [-0.1, -0.05) is 12.1 Å². The van der Waals surface area contributed by atoms with Crippen molar-refractivity contribution in [2.45, 2.75) is 13.1 Å². The summed E-state index contributed by atoms with van der Waals surface area (Å²) in [4.78, 5) is 25.8. The Morgan fingerprint density at radius 2 is 1.88 bits per heavy atom. The first-order valence-electron chi connectivity index (χ1n) is 7.50. The van der Waals surface area contributed by atoms with Crippen molar-refractivity contribution in [2.75, 3.05) is 27.9 Å². The second-order valence-corrected chi connectivity index (χ2v) is 5.28. The fraction of sp³-hybridized carbons (Fsp3) is 0.353. The number of hydrogen-bond donors (Lipinski definition) is 0. The minimum absolute atomic E-state index is 0.224. The Hall–Kier alpha value is -2.67. The molecule has 1 aromatic carbocycles. The lowest BCUT2D eigenvalue weighted by molar-refractivity contribution is 0.0775. The number of carbonyl (C=O) groups is 1. The second-order valence-electron chi connectivity index (χ2n) is 5.28. The fourth-order valence-corrected chi connectivity index (χ4v) is 2.17. The number of ether oxygens (including phenoxy) is 2. The fourth-order valence-electron chi connectivity index (χ4n) is 2.17. The Bertz CT molecular complexity index is 740. The van der Waals surface area contributed by atoms with E-state index in [1.807, 2.05) is 24.3 Å². The SMILES string of the molecule is COCCn1nc(C(=O)N(C)Cc2ccc(OC)cc2)ccc1=O. The van der Waals surface area contributed by atoms with Gasteiger partial charge in [0.2, 0.25) is 0 Å². The molecular formula is C17H21N3O4. The first-order valence-corrected chi connectivity index (χ1v) is 7.50. The van der Waals surface area contributed by atoms with E-state index in [0.29, 0.717) is 19.7 Å². The van der Waals surface area contributed by atoms with E-state index in [1.165, 1.54) is 16.8 Å². The van der Waals surface area contributed by atoms with Gasteiger partial charge in [-0.05, 0) is 23.8 Å². The number of aromatic nitrogens is 2. The molecule has 0 aliphatic rings. The molecule has 0 bridgehead atoms. The highest BCUT2D eigenvalue weighted by Crippen LogP contribution is 2.13. The molecule has 0 saturated heterocycles. The van der Waals surface area contributed by atoms with Gasteiger partial charge in [-0.25, -0.2) is 4.68 Å². The normalized spacial score (nSPS) is 10.5. The summed E-state index contributed by atoms with van der Waals surface area (Å²) in [6.45, 7) is 1.09. The van der Waals surface area contributed by atoms with Crippen LogP contribution in [-0.2, 0) is 17.8 Å². The topological polar surface area (TPSA) is 73.7 Å². The smallest absolute Gasteiger partial charge is 0.274 e. The Balaban J connectivity index is 2.10. The van der Waals surface area contributed by atoms with Gasteiger partial charge in [0.05, 0.1) is 20.3 Å². The predicted octanol–water partition coefficient (Wildman–Crippen LogP) is 1.17. The van der Waals surface area contributed by atoms with E-state index in [0.717, 1.165) is 11.3 Å². The maximum absolute atomic E-state index is 12.5. The van der Waals surface area contributed by atoms with E-state index in [4.69, 9.17) is 9.47 Å². The van der Waals surface area contributed by atoms with E-state index in [1.54, 1.807) is 26.2 Å². The molecule has 24 heavy (non-hydrogen) atoms. The summed E-state index contributed by atoms with van der Waals surface area (Å²) in [5.74, 6) is 0.511. The van der Waals surface area contributed by atoms with Crippen LogP contribution in [0.2, 0.25) is 0 Å². The van der Waals surface area contributed by atoms with Crippen LogP contribution in [0.5, 0.6) is 5.75 Å². The van der Waals surface area contributed by atoms with Crippen LogP contribution in [-0.4, -0.2) is 48.5 Å². The quantitative estimate of drug-likeness (QED) is 0.761. The van der Waals surface area contributed by atoms with E-state index in [2.05, 4.69) is 5.10 Å². The molecule has 0 aliphatic heterocycles. The van der Waals surface area contributed by atoms with Crippen LogP contribution in [0, 0.1) is 0 Å². The number of carbonyl (C=O) groups excluding carboxylic acids is 1. The van der Waals surface area contributed by atoms with Crippen LogP contribution in [0.1, 0.15) is 16.1 Å². The number of rotatable bonds is 7. The summed E-state index contributed by atoms with van der Waals surface area (Å²) in [6.07, 6.45) is 0. The number of nitrogens with zero attached hydrogens (tertiary/aromatic N) is 3. The Morgan fingerprint density at radius 1 is 1.17 bits per heavy atom. The van der Waals surface area contributed by atoms with Crippen molar-refractivity contribution in [3.05, 3.63) is 58.0 Å². The summed E-state index contributed by atoms with van der Waals surface area (Å²) in [6, 6.07) is 10.3. The molecule has 0 aliphatic carbocycles. The molecule has 0 N–H and O–H groups in total. The zero-order valence-electron chi connectivity index (χ0n) is 14.1. The van der Waals surface area contributed by atoms with Gasteiger partial charge in [0.15, 0.2) is 0 Å². The molecule has 0 atom stereocenters. The molecule has 128 valence electrons. The molecule has 2 rings (SSSR count). The standard InChI is InChI=1S/C17H21N3O4/c1-19(12-13-4-6-14(24-3)7-5-13)17(22)15-8-9-16(21)20(18-15)10-11-23-2/h4-9H,10-12H2,1-3H3. The van der Waals surface area contributed by atoms with Gasteiger partial charge in [-0.15, -0.1) is 0 Å². The molecule has 7 heteroatoms. The van der Waals surface area contributed by atoms with Gasteiger partial charge < -0.3 is 14.4 Å². The molecule has 2 aromatic rings. The summed E-state index contributed by atoms with van der Waals surface area (Å²) >= 11 is 0. The average Bonchev–Trinajstić information content (AvgIpc) is 2.61. The third kappa shape index (κ3) is 4.42. The highest BCUT2D eigenvalue weighted by Gasteiger charge is 2.15. The number of benzene rings is 1. The number of amides is 1. The molecule has 0 radical (unpaired) electrons. The van der Waals surface area contributed by atoms with Gasteiger partial charge in [-0.3, -0.25) is 9.59 Å². The number of hydrogen-bond acceptors (Lipinski definition) is 5. The molecule has 1 amide bonds. The van der Waals surface area contributed by atoms with E-state index in [-0.39, 0.29) is 17.2 Å². The number of methoxy groups -OCH3 is 2. The van der Waals surface area contributed by atoms with Crippen molar-refractivity contribution >= 4 is 5.91 Å². The average molecular weight is 331 g/mol. The molecule has 0 fully saturated rings. The van der Waals surface area contributed by atoms with E-state index in [9.17, 15) is 9.59 Å². The Morgan fingerprint density at radius 3 is 2.50 bits per heavy atom. The summed E-state index contributed by atoms with van der Waals surface area (Å²) in [5.41, 5.74) is 0.933. The van der Waals surface area contributed by atoms with Gasteiger partial charge in [0.1, 0.15) is 11.4 Å². The molecule has 7 nitrogen and oxygen atoms in total. The Labute approximate surface area is 140 Å². The van der Waals surface area contributed by atoms with E-state index < -0.39 is 0 Å². The summed E-state index contributed by atoms with van der Waals surface area (Å²) < 4.78 is 11.3. The second kappa shape index (κ2) is 8.26. The molecule has 0 unspecified atom stereocenters. The third-order valence-corrected chi connectivity index (χ3v) is 3.52. The van der Waals surface area contributed by atoms with Gasteiger partial charge in [0.25, 0.3) is 11.5 Å². The predicted molar refractivity (Wildman–Crippen MR) is 89.2 cm³/mol. The molecular weight excluding hydrogens is 310 g/mol. The van der Waals surface area contributed by atoms with Crippen molar-refractivity contribution in [2.24, 2.45) is 0 Å². The summed E-state index contributed by atoms with van der Waals surface area (Å²) in [7, 11) is 4.84. The molecule has 1 aromatic heterocycles. The van der Waals surface area contributed by atoms with Crippen molar-refractivity contribution in [1.29, 1.82) is 0 Å². The monoisotopic (exact) mass is 331 g/mol. The van der Waals surface area contributed by atoms with Crippen LogP contribution < -0.4 is 10.3 Å². The first kappa shape index (κ1) is 17.7. The molecule has 1 heterocycles. The lowest BCUT2D eigenvalue weighted by Crippen LogP contribution is -2.31. The van der Waals surface area contributed by atoms with Crippen LogP contribution >= 0.6 is 0 Å². The van der Waals surface area contributed by atoms with Crippen molar-refractivity contribution < 1.29 is 14.3 Å². The lowest BCUT2D eigenvalue weighted by atomic mass is 10.2. The molecule has 0 saturated carbocycles. The van der Waals surface area contributed by atoms with E-state index >= 15 is 0 Å². The zero-order valence-corrected chi connectivity index (χ0v) is 14.1. The highest BCUT2D eigenvalue weighted by molar-refractivity contribution is 5.91. The minimum Gasteiger partial charge on any atom is -0.497 e. The van der Waals surface area contributed by atoms with Gasteiger partial charge in [-0.2, -0.15) is 5.10 Å². The maximum Gasteiger partial charge on any atom is 0.274 e. The van der Waals surface area contributed by atoms with Crippen LogP contribution in [0.3, 0.4) is 0 Å². The van der Waals surface area contributed by atoms with Crippen molar-refractivity contribution in [3.8, 4) is 5.75 Å². The largest absolute Gasteiger partial charge is 0.497 e. The first-order chi connectivity index (χ1) is 11.5. The minimum atomic E-state index is -0.263. The highest BCUT2D eigenvalue weighted by atomic mass is 16.5. The Kier molecular flexibility index (Phi) is 6.08. The van der Waals surface area contributed by atoms with Gasteiger partial charge >= 0.3 is 0 Å². The van der Waals surface area contributed by atoms with Crippen LogP contribution in [0.15, 0.2) is 41.2 Å². The third-order valence-electron chi connectivity index (χ3n) is 3.52. The van der Waals surface area contributed by atoms with Crippen molar-refractivity contribution in [3.63, 3.8) is 0 Å².